The number of nitrogens with one attached hydrogen (secondary N) is 1. The Balaban J connectivity index is 2.87. The third kappa shape index (κ3) is 2.76. The third-order valence-corrected chi connectivity index (χ3v) is 3.15. The van der Waals surface area contributed by atoms with Gasteiger partial charge < -0.3 is 5.11 Å². The molecule has 1 unspecified atom stereocenters. The smallest absolute Gasteiger partial charge is 0.242 e. The summed E-state index contributed by atoms with van der Waals surface area (Å²) in [5.74, 6) is 0. The van der Waals surface area contributed by atoms with Gasteiger partial charge in [-0.15, -0.1) is 0 Å². The maximum absolute atomic E-state index is 11.5. The summed E-state index contributed by atoms with van der Waals surface area (Å²) in [6, 6.07) is 2.48. The van der Waals surface area contributed by atoms with Gasteiger partial charge in [0.25, 0.3) is 0 Å². The van der Waals surface area contributed by atoms with Crippen molar-refractivity contribution in [3.05, 3.63) is 24.5 Å². The maximum Gasteiger partial charge on any atom is 0.242 e. The quantitative estimate of drug-likeness (QED) is 0.726. The van der Waals surface area contributed by atoms with E-state index in [-0.39, 0.29) is 11.5 Å². The Bertz CT molecular complexity index is 377. The van der Waals surface area contributed by atoms with E-state index in [2.05, 4.69) is 9.71 Å². The van der Waals surface area contributed by atoms with Crippen molar-refractivity contribution >= 4 is 10.0 Å². The van der Waals surface area contributed by atoms with Crippen molar-refractivity contribution in [2.45, 2.75) is 17.9 Å². The van der Waals surface area contributed by atoms with Gasteiger partial charge >= 0.3 is 0 Å². The first kappa shape index (κ1) is 11.1. The van der Waals surface area contributed by atoms with Crippen molar-refractivity contribution in [2.75, 3.05) is 6.61 Å². The molecule has 0 aliphatic carbocycles. The van der Waals surface area contributed by atoms with Gasteiger partial charge in [0, 0.05) is 18.4 Å². The zero-order chi connectivity index (χ0) is 10.6. The molecular weight excluding hydrogens is 204 g/mol. The van der Waals surface area contributed by atoms with Crippen LogP contribution in [-0.4, -0.2) is 31.2 Å². The molecular formula is C8H12N2O3S. The van der Waals surface area contributed by atoms with Gasteiger partial charge in [-0.05, 0) is 19.1 Å². The summed E-state index contributed by atoms with van der Waals surface area (Å²) in [5.41, 5.74) is 0. The predicted octanol–water partition coefficient (Wildman–Crippen LogP) is -0.259. The molecule has 1 aromatic rings. The van der Waals surface area contributed by atoms with Crippen LogP contribution in [0.25, 0.3) is 0 Å². The summed E-state index contributed by atoms with van der Waals surface area (Å²) in [6.45, 7) is 1.34. The topological polar surface area (TPSA) is 79.3 Å². The average Bonchev–Trinajstić information content (AvgIpc) is 2.18. The van der Waals surface area contributed by atoms with Crippen LogP contribution < -0.4 is 4.72 Å². The number of aliphatic hydroxyl groups is 1. The molecule has 1 atom stereocenters. The van der Waals surface area contributed by atoms with E-state index < -0.39 is 16.1 Å². The number of hydrogen-bond acceptors (Lipinski definition) is 4. The second-order valence-electron chi connectivity index (χ2n) is 2.89. The highest BCUT2D eigenvalue weighted by molar-refractivity contribution is 7.89. The van der Waals surface area contributed by atoms with Crippen LogP contribution in [0.3, 0.4) is 0 Å². The molecule has 5 nitrogen and oxygen atoms in total. The Hall–Kier alpha value is -0.980. The maximum atomic E-state index is 11.5. The molecule has 0 saturated carbocycles. The van der Waals surface area contributed by atoms with E-state index in [0.717, 1.165) is 0 Å². The van der Waals surface area contributed by atoms with Crippen molar-refractivity contribution in [1.82, 2.24) is 9.71 Å². The fourth-order valence-electron chi connectivity index (χ4n) is 0.876. The Labute approximate surface area is 82.9 Å². The van der Waals surface area contributed by atoms with E-state index >= 15 is 0 Å². The molecule has 0 amide bonds. The van der Waals surface area contributed by atoms with E-state index in [1.807, 2.05) is 0 Å². The summed E-state index contributed by atoms with van der Waals surface area (Å²) < 4.78 is 25.4. The second kappa shape index (κ2) is 4.50. The van der Waals surface area contributed by atoms with E-state index in [9.17, 15) is 8.42 Å². The minimum absolute atomic E-state index is 0.0975. The van der Waals surface area contributed by atoms with Gasteiger partial charge in [0.1, 0.15) is 4.90 Å². The van der Waals surface area contributed by atoms with Gasteiger partial charge in [0.05, 0.1) is 6.61 Å². The summed E-state index contributed by atoms with van der Waals surface area (Å²) in [4.78, 5) is 3.80. The van der Waals surface area contributed by atoms with Crippen LogP contribution in [0.4, 0.5) is 0 Å². The standard InChI is InChI=1S/C8H12N2O3S/c1-7(6-11)10-14(12,13)8-3-2-4-9-5-8/h2-5,7,10-11H,6H2,1H3. The molecule has 0 aliphatic heterocycles. The van der Waals surface area contributed by atoms with Crippen LogP contribution in [0.15, 0.2) is 29.4 Å². The molecule has 6 heteroatoms. The fourth-order valence-corrected chi connectivity index (χ4v) is 2.07. The molecule has 0 aliphatic rings. The molecule has 0 spiro atoms. The minimum Gasteiger partial charge on any atom is -0.395 e. The Kier molecular flexibility index (Phi) is 3.56. The van der Waals surface area contributed by atoms with Gasteiger partial charge in [-0.3, -0.25) is 4.98 Å². The van der Waals surface area contributed by atoms with Crippen LogP contribution in [-0.2, 0) is 10.0 Å². The Morgan fingerprint density at radius 2 is 2.36 bits per heavy atom. The largest absolute Gasteiger partial charge is 0.395 e. The molecule has 2 N–H and O–H groups in total. The van der Waals surface area contributed by atoms with Crippen LogP contribution in [0.5, 0.6) is 0 Å². The van der Waals surface area contributed by atoms with E-state index in [0.29, 0.717) is 0 Å². The summed E-state index contributed by atoms with van der Waals surface area (Å²) in [6.07, 6.45) is 2.75. The summed E-state index contributed by atoms with van der Waals surface area (Å²) >= 11 is 0. The van der Waals surface area contributed by atoms with Crippen molar-refractivity contribution in [1.29, 1.82) is 0 Å². The molecule has 0 aromatic carbocycles. The summed E-state index contributed by atoms with van der Waals surface area (Å²) in [7, 11) is -3.54. The first-order valence-electron chi connectivity index (χ1n) is 4.09. The molecule has 0 saturated heterocycles. The average molecular weight is 216 g/mol. The number of rotatable bonds is 4. The van der Waals surface area contributed by atoms with Gasteiger partial charge in [-0.1, -0.05) is 0 Å². The van der Waals surface area contributed by atoms with E-state index in [4.69, 9.17) is 5.11 Å². The highest BCUT2D eigenvalue weighted by atomic mass is 32.2. The van der Waals surface area contributed by atoms with Crippen molar-refractivity contribution in [3.63, 3.8) is 0 Å². The van der Waals surface area contributed by atoms with Crippen molar-refractivity contribution in [2.24, 2.45) is 0 Å². The molecule has 1 aromatic heterocycles. The normalized spacial score (nSPS) is 13.9. The molecule has 14 heavy (non-hydrogen) atoms. The molecule has 0 radical (unpaired) electrons. The number of aliphatic hydroxyl groups excluding tert-OH is 1. The Morgan fingerprint density at radius 1 is 1.64 bits per heavy atom. The SMILES string of the molecule is CC(CO)NS(=O)(=O)c1cccnc1. The highest BCUT2D eigenvalue weighted by Crippen LogP contribution is 2.05. The molecule has 1 rings (SSSR count). The summed E-state index contributed by atoms with van der Waals surface area (Å²) in [5, 5.41) is 8.70. The van der Waals surface area contributed by atoms with Crippen LogP contribution in [0.1, 0.15) is 6.92 Å². The van der Waals surface area contributed by atoms with Gasteiger partial charge in [-0.2, -0.15) is 0 Å². The van der Waals surface area contributed by atoms with Gasteiger partial charge in [0.2, 0.25) is 10.0 Å². The molecule has 0 fully saturated rings. The fraction of sp³-hybridized carbons (Fsp3) is 0.375. The monoisotopic (exact) mass is 216 g/mol. The molecule has 1 heterocycles. The highest BCUT2D eigenvalue weighted by Gasteiger charge is 2.16. The second-order valence-corrected chi connectivity index (χ2v) is 4.61. The third-order valence-electron chi connectivity index (χ3n) is 1.57. The lowest BCUT2D eigenvalue weighted by molar-refractivity contribution is 0.265. The number of sulfonamides is 1. The van der Waals surface area contributed by atoms with Gasteiger partial charge in [-0.25, -0.2) is 13.1 Å². The first-order valence-corrected chi connectivity index (χ1v) is 5.58. The van der Waals surface area contributed by atoms with Crippen LogP contribution in [0.2, 0.25) is 0 Å². The number of pyridine rings is 1. The van der Waals surface area contributed by atoms with Crippen molar-refractivity contribution < 1.29 is 13.5 Å². The molecule has 78 valence electrons. The minimum atomic E-state index is -3.54. The predicted molar refractivity (Wildman–Crippen MR) is 51.1 cm³/mol. The van der Waals surface area contributed by atoms with Crippen LogP contribution in [0, 0.1) is 0 Å². The molecule has 0 bridgehead atoms. The number of aromatic nitrogens is 1. The Morgan fingerprint density at radius 3 is 2.86 bits per heavy atom. The lowest BCUT2D eigenvalue weighted by Crippen LogP contribution is -2.35. The number of nitrogens with zero attached hydrogens (tertiary/aromatic N) is 1. The van der Waals surface area contributed by atoms with E-state index in [1.54, 1.807) is 6.92 Å². The lowest BCUT2D eigenvalue weighted by atomic mass is 10.4. The zero-order valence-corrected chi connectivity index (χ0v) is 8.53. The van der Waals surface area contributed by atoms with Crippen LogP contribution >= 0.6 is 0 Å². The number of hydrogen-bond donors (Lipinski definition) is 2. The lowest BCUT2D eigenvalue weighted by Gasteiger charge is -2.10. The zero-order valence-electron chi connectivity index (χ0n) is 7.71. The van der Waals surface area contributed by atoms with Gasteiger partial charge in [0.15, 0.2) is 0 Å². The van der Waals surface area contributed by atoms with E-state index in [1.165, 1.54) is 24.5 Å². The van der Waals surface area contributed by atoms with Crippen molar-refractivity contribution in [3.8, 4) is 0 Å². The first-order chi connectivity index (χ1) is 6.56.